The maximum Gasteiger partial charge on any atom is 0.251 e. The zero-order chi connectivity index (χ0) is 17.3. The van der Waals surface area contributed by atoms with Crippen LogP contribution in [0.2, 0.25) is 0 Å². The van der Waals surface area contributed by atoms with Crippen molar-refractivity contribution in [2.75, 3.05) is 43.0 Å². The predicted molar refractivity (Wildman–Crippen MR) is 100 cm³/mol. The molecule has 0 radical (unpaired) electrons. The second kappa shape index (κ2) is 6.39. The van der Waals surface area contributed by atoms with E-state index in [9.17, 15) is 4.79 Å². The molecule has 2 fully saturated rings. The van der Waals surface area contributed by atoms with E-state index < -0.39 is 0 Å². The molecule has 5 heteroatoms. The molecule has 1 amide bonds. The fourth-order valence-electron chi connectivity index (χ4n) is 4.14. The van der Waals surface area contributed by atoms with Crippen LogP contribution in [0, 0.1) is 5.41 Å². The van der Waals surface area contributed by atoms with Gasteiger partial charge in [0, 0.05) is 56.1 Å². The lowest BCUT2D eigenvalue weighted by atomic mass is 9.86. The van der Waals surface area contributed by atoms with E-state index in [0.717, 1.165) is 32.0 Å². The minimum atomic E-state index is -0.0614. The van der Waals surface area contributed by atoms with Crippen LogP contribution >= 0.6 is 0 Å². The smallest absolute Gasteiger partial charge is 0.251 e. The number of nitrogens with one attached hydrogen (secondary N) is 1. The van der Waals surface area contributed by atoms with Crippen molar-refractivity contribution in [3.05, 3.63) is 54.2 Å². The minimum Gasteiger partial charge on any atom is -0.371 e. The van der Waals surface area contributed by atoms with Gasteiger partial charge in [0.25, 0.3) is 5.91 Å². The van der Waals surface area contributed by atoms with Gasteiger partial charge in [-0.05, 0) is 37.1 Å². The number of pyridine rings is 1. The van der Waals surface area contributed by atoms with Crippen LogP contribution in [0.15, 0.2) is 48.7 Å². The van der Waals surface area contributed by atoms with Crippen LogP contribution in [-0.2, 0) is 0 Å². The highest BCUT2D eigenvalue weighted by molar-refractivity contribution is 5.94. The number of anilines is 2. The molecule has 1 aromatic heterocycles. The molecule has 5 nitrogen and oxygen atoms in total. The Morgan fingerprint density at radius 3 is 2.56 bits per heavy atom. The van der Waals surface area contributed by atoms with Crippen LogP contribution in [0.1, 0.15) is 23.2 Å². The van der Waals surface area contributed by atoms with E-state index in [1.54, 1.807) is 19.3 Å². The molecule has 2 aliphatic rings. The van der Waals surface area contributed by atoms with Gasteiger partial charge in [0.2, 0.25) is 0 Å². The number of para-hydroxylation sites is 1. The van der Waals surface area contributed by atoms with Gasteiger partial charge in [-0.2, -0.15) is 0 Å². The highest BCUT2D eigenvalue weighted by Gasteiger charge is 2.43. The molecule has 1 N–H and O–H groups in total. The third kappa shape index (κ3) is 3.06. The van der Waals surface area contributed by atoms with Crippen molar-refractivity contribution in [3.63, 3.8) is 0 Å². The zero-order valence-electron chi connectivity index (χ0n) is 14.6. The topological polar surface area (TPSA) is 48.5 Å². The van der Waals surface area contributed by atoms with Crippen LogP contribution in [0.25, 0.3) is 0 Å². The zero-order valence-corrected chi connectivity index (χ0v) is 14.6. The second-order valence-corrected chi connectivity index (χ2v) is 7.16. The summed E-state index contributed by atoms with van der Waals surface area (Å²) in [5.74, 6) is 0.852. The van der Waals surface area contributed by atoms with E-state index in [1.807, 2.05) is 6.07 Å². The van der Waals surface area contributed by atoms with E-state index >= 15 is 0 Å². The highest BCUT2D eigenvalue weighted by Crippen LogP contribution is 2.42. The number of aromatic nitrogens is 1. The van der Waals surface area contributed by atoms with Crippen LogP contribution < -0.4 is 15.1 Å². The molecule has 130 valence electrons. The summed E-state index contributed by atoms with van der Waals surface area (Å²) in [7, 11) is 1.66. The number of benzene rings is 1. The molecule has 1 unspecified atom stereocenters. The fourth-order valence-corrected chi connectivity index (χ4v) is 4.14. The first-order valence-corrected chi connectivity index (χ1v) is 8.92. The van der Waals surface area contributed by atoms with E-state index in [-0.39, 0.29) is 5.91 Å². The number of rotatable bonds is 3. The van der Waals surface area contributed by atoms with Gasteiger partial charge < -0.3 is 15.1 Å². The van der Waals surface area contributed by atoms with E-state index in [0.29, 0.717) is 11.0 Å². The predicted octanol–water partition coefficient (Wildman–Crippen LogP) is 2.55. The summed E-state index contributed by atoms with van der Waals surface area (Å²) in [6.07, 6.45) is 4.13. The number of hydrogen-bond donors (Lipinski definition) is 1. The molecule has 2 aromatic rings. The van der Waals surface area contributed by atoms with Gasteiger partial charge in [0.05, 0.1) is 0 Å². The Kier molecular flexibility index (Phi) is 4.07. The Labute approximate surface area is 148 Å². The lowest BCUT2D eigenvalue weighted by Gasteiger charge is -2.26. The third-order valence-electron chi connectivity index (χ3n) is 5.56. The molecule has 25 heavy (non-hydrogen) atoms. The summed E-state index contributed by atoms with van der Waals surface area (Å²) in [6.45, 7) is 4.24. The maximum atomic E-state index is 11.9. The molecule has 1 spiro atoms. The fraction of sp³-hybridized carbons (Fsp3) is 0.400. The van der Waals surface area contributed by atoms with Gasteiger partial charge in [-0.1, -0.05) is 18.2 Å². The summed E-state index contributed by atoms with van der Waals surface area (Å²) in [5.41, 5.74) is 2.32. The molecule has 2 saturated heterocycles. The van der Waals surface area contributed by atoms with Gasteiger partial charge in [0.15, 0.2) is 0 Å². The van der Waals surface area contributed by atoms with Gasteiger partial charge in [-0.25, -0.2) is 4.98 Å². The van der Waals surface area contributed by atoms with Crippen molar-refractivity contribution in [2.24, 2.45) is 5.41 Å². The average Bonchev–Trinajstić information content (AvgIpc) is 3.29. The van der Waals surface area contributed by atoms with Crippen LogP contribution in [0.3, 0.4) is 0 Å². The van der Waals surface area contributed by atoms with Crippen molar-refractivity contribution in [1.82, 2.24) is 10.3 Å². The minimum absolute atomic E-state index is 0.0614. The number of hydrogen-bond acceptors (Lipinski definition) is 4. The first-order valence-electron chi connectivity index (χ1n) is 8.92. The van der Waals surface area contributed by atoms with Gasteiger partial charge >= 0.3 is 0 Å². The van der Waals surface area contributed by atoms with Crippen molar-refractivity contribution in [3.8, 4) is 0 Å². The maximum absolute atomic E-state index is 11.9. The van der Waals surface area contributed by atoms with Gasteiger partial charge in [-0.15, -0.1) is 0 Å². The first kappa shape index (κ1) is 15.9. The molecule has 3 heterocycles. The second-order valence-electron chi connectivity index (χ2n) is 7.16. The molecular formula is C20H24N4O. The monoisotopic (exact) mass is 336 g/mol. The Balaban J connectivity index is 1.48. The van der Waals surface area contributed by atoms with Crippen LogP contribution in [0.5, 0.6) is 0 Å². The molecule has 0 bridgehead atoms. The third-order valence-corrected chi connectivity index (χ3v) is 5.56. The normalized spacial score (nSPS) is 22.6. The quantitative estimate of drug-likeness (QED) is 0.936. The SMILES string of the molecule is CNC(=O)c1ccnc(N2CCC3(CCN(c4ccccc4)C3)C2)c1. The highest BCUT2D eigenvalue weighted by atomic mass is 16.1. The number of nitrogens with zero attached hydrogens (tertiary/aromatic N) is 3. The summed E-state index contributed by atoms with van der Waals surface area (Å²) < 4.78 is 0. The van der Waals surface area contributed by atoms with Crippen LogP contribution in [-0.4, -0.2) is 44.1 Å². The molecule has 1 aromatic carbocycles. The molecule has 0 saturated carbocycles. The summed E-state index contributed by atoms with van der Waals surface area (Å²) >= 11 is 0. The van der Waals surface area contributed by atoms with Crippen molar-refractivity contribution in [2.45, 2.75) is 12.8 Å². The molecule has 0 aliphatic carbocycles. The van der Waals surface area contributed by atoms with E-state index in [1.165, 1.54) is 18.5 Å². The van der Waals surface area contributed by atoms with Crippen molar-refractivity contribution in [1.29, 1.82) is 0 Å². The summed E-state index contributed by atoms with van der Waals surface area (Å²) in [5, 5.41) is 2.68. The molecule has 1 atom stereocenters. The van der Waals surface area contributed by atoms with Crippen LogP contribution in [0.4, 0.5) is 11.5 Å². The largest absolute Gasteiger partial charge is 0.371 e. The van der Waals surface area contributed by atoms with Crippen molar-refractivity contribution < 1.29 is 4.79 Å². The lowest BCUT2D eigenvalue weighted by molar-refractivity contribution is 0.0963. The lowest BCUT2D eigenvalue weighted by Crippen LogP contribution is -2.31. The summed E-state index contributed by atoms with van der Waals surface area (Å²) in [4.78, 5) is 21.2. The molecular weight excluding hydrogens is 312 g/mol. The van der Waals surface area contributed by atoms with E-state index in [4.69, 9.17) is 0 Å². The number of amides is 1. The van der Waals surface area contributed by atoms with Gasteiger partial charge in [0.1, 0.15) is 5.82 Å². The van der Waals surface area contributed by atoms with E-state index in [2.05, 4.69) is 50.4 Å². The Bertz CT molecular complexity index is 763. The Hall–Kier alpha value is -2.56. The summed E-state index contributed by atoms with van der Waals surface area (Å²) in [6, 6.07) is 14.3. The van der Waals surface area contributed by atoms with Gasteiger partial charge in [-0.3, -0.25) is 4.79 Å². The number of carbonyl (C=O) groups is 1. The molecule has 2 aliphatic heterocycles. The first-order chi connectivity index (χ1) is 12.2. The Morgan fingerprint density at radius 1 is 1.08 bits per heavy atom. The average molecular weight is 336 g/mol. The standard InChI is InChI=1S/C20H24N4O/c1-21-19(25)16-7-10-22-18(13-16)24-12-9-20(15-24)8-11-23(14-20)17-5-3-2-4-6-17/h2-7,10,13H,8-9,11-12,14-15H2,1H3,(H,21,25). The Morgan fingerprint density at radius 2 is 1.80 bits per heavy atom. The number of carbonyl (C=O) groups excluding carboxylic acids is 1. The molecule has 4 rings (SSSR count). The van der Waals surface area contributed by atoms with Crippen molar-refractivity contribution >= 4 is 17.4 Å².